The van der Waals surface area contributed by atoms with E-state index in [1.54, 1.807) is 18.5 Å². The average molecular weight is 458 g/mol. The van der Waals surface area contributed by atoms with Gasteiger partial charge in [-0.3, -0.25) is 9.08 Å². The van der Waals surface area contributed by atoms with Crippen LogP contribution < -0.4 is 10.6 Å². The van der Waals surface area contributed by atoms with Crippen molar-refractivity contribution >= 4 is 11.5 Å². The minimum Gasteiger partial charge on any atom is -0.389 e. The Morgan fingerprint density at radius 2 is 2.03 bits per heavy atom. The lowest BCUT2D eigenvalue weighted by atomic mass is 9.65. The van der Waals surface area contributed by atoms with Gasteiger partial charge in [0, 0.05) is 36.1 Å². The fourth-order valence-corrected chi connectivity index (χ4v) is 5.43. The normalized spacial score (nSPS) is 22.4. The Morgan fingerprint density at radius 1 is 1.15 bits per heavy atom. The molecular formula is C26H31N7O. The SMILES string of the molecule is CC(C)(O)Cn1cc(-c2ccc3ncc(-c4cccc(NC5CC6(CCNC6)C5)n4)n3c2)cn1. The zero-order chi connectivity index (χ0) is 23.3. The maximum absolute atomic E-state index is 10.1. The van der Waals surface area contributed by atoms with Crippen molar-refractivity contribution in [3.8, 4) is 22.5 Å². The van der Waals surface area contributed by atoms with E-state index in [0.29, 0.717) is 18.0 Å². The maximum Gasteiger partial charge on any atom is 0.137 e. The van der Waals surface area contributed by atoms with Crippen LogP contribution >= 0.6 is 0 Å². The second kappa shape index (κ2) is 7.92. The predicted molar refractivity (Wildman–Crippen MR) is 133 cm³/mol. The van der Waals surface area contributed by atoms with E-state index in [0.717, 1.165) is 47.1 Å². The quantitative estimate of drug-likeness (QED) is 0.410. The van der Waals surface area contributed by atoms with E-state index >= 15 is 0 Å². The summed E-state index contributed by atoms with van der Waals surface area (Å²) in [5.74, 6) is 0.919. The molecule has 4 aromatic rings. The van der Waals surface area contributed by atoms with Crippen LogP contribution in [0.5, 0.6) is 0 Å². The van der Waals surface area contributed by atoms with Gasteiger partial charge >= 0.3 is 0 Å². The molecule has 34 heavy (non-hydrogen) atoms. The van der Waals surface area contributed by atoms with E-state index in [1.807, 2.05) is 42.9 Å². The van der Waals surface area contributed by atoms with Crippen molar-refractivity contribution in [2.75, 3.05) is 18.4 Å². The number of hydrogen-bond donors (Lipinski definition) is 3. The number of hydrogen-bond acceptors (Lipinski definition) is 6. The molecule has 1 saturated heterocycles. The molecule has 3 N–H and O–H groups in total. The molecule has 176 valence electrons. The summed E-state index contributed by atoms with van der Waals surface area (Å²) >= 11 is 0. The summed E-state index contributed by atoms with van der Waals surface area (Å²) in [5.41, 5.74) is 4.44. The second-order valence-corrected chi connectivity index (χ2v) is 10.6. The standard InChI is InChI=1S/C26H31N7O/c1-25(2,34)17-32-14-19(12-29-32)18-6-7-24-28-13-22(33(24)15-18)21-4-3-5-23(31-21)30-20-10-26(11-20)8-9-27-16-26/h3-7,12-15,20,27,34H,8-11,16-17H2,1-2H3,(H,30,31). The lowest BCUT2D eigenvalue weighted by Crippen LogP contribution is -2.46. The Bertz CT molecular complexity index is 1320. The molecular weight excluding hydrogens is 426 g/mol. The van der Waals surface area contributed by atoms with Crippen LogP contribution in [0.25, 0.3) is 28.2 Å². The number of pyridine rings is 2. The minimum absolute atomic E-state index is 0.438. The molecule has 0 atom stereocenters. The first kappa shape index (κ1) is 21.3. The molecule has 4 aromatic heterocycles. The predicted octanol–water partition coefficient (Wildman–Crippen LogP) is 3.58. The van der Waals surface area contributed by atoms with Crippen molar-refractivity contribution in [3.05, 3.63) is 55.1 Å². The van der Waals surface area contributed by atoms with Gasteiger partial charge in [-0.15, -0.1) is 0 Å². The van der Waals surface area contributed by atoms with Gasteiger partial charge < -0.3 is 15.7 Å². The van der Waals surface area contributed by atoms with Crippen LogP contribution in [0, 0.1) is 5.41 Å². The number of nitrogens with one attached hydrogen (secondary N) is 2. The molecule has 1 spiro atoms. The van der Waals surface area contributed by atoms with Gasteiger partial charge in [0.25, 0.3) is 0 Å². The molecule has 1 aliphatic carbocycles. The molecule has 1 saturated carbocycles. The Kier molecular flexibility index (Phi) is 4.97. The Labute approximate surface area is 199 Å². The lowest BCUT2D eigenvalue weighted by molar-refractivity contribution is 0.0577. The van der Waals surface area contributed by atoms with Gasteiger partial charge in [-0.05, 0) is 69.3 Å². The molecule has 0 amide bonds. The fourth-order valence-electron chi connectivity index (χ4n) is 5.43. The second-order valence-electron chi connectivity index (χ2n) is 10.6. The number of anilines is 1. The molecule has 0 bridgehead atoms. The minimum atomic E-state index is -0.816. The molecule has 1 aliphatic heterocycles. The number of nitrogens with zero attached hydrogens (tertiary/aromatic N) is 5. The molecule has 0 radical (unpaired) electrons. The highest BCUT2D eigenvalue weighted by molar-refractivity contribution is 5.67. The summed E-state index contributed by atoms with van der Waals surface area (Å²) in [7, 11) is 0. The van der Waals surface area contributed by atoms with Gasteiger partial charge in [0.05, 0.1) is 35.9 Å². The summed E-state index contributed by atoms with van der Waals surface area (Å²) in [5, 5.41) is 21.6. The summed E-state index contributed by atoms with van der Waals surface area (Å²) in [6, 6.07) is 10.7. The van der Waals surface area contributed by atoms with E-state index in [2.05, 4.69) is 37.4 Å². The largest absolute Gasteiger partial charge is 0.389 e. The van der Waals surface area contributed by atoms with Crippen LogP contribution in [0.2, 0.25) is 0 Å². The van der Waals surface area contributed by atoms with Crippen molar-refractivity contribution < 1.29 is 5.11 Å². The molecule has 8 nitrogen and oxygen atoms in total. The first-order valence-electron chi connectivity index (χ1n) is 12.0. The van der Waals surface area contributed by atoms with Crippen LogP contribution in [-0.2, 0) is 6.54 Å². The molecule has 0 aromatic carbocycles. The van der Waals surface area contributed by atoms with Gasteiger partial charge in [-0.1, -0.05) is 6.07 Å². The summed E-state index contributed by atoms with van der Waals surface area (Å²) in [6.45, 7) is 6.30. The summed E-state index contributed by atoms with van der Waals surface area (Å²) in [6.07, 6.45) is 11.5. The zero-order valence-corrected chi connectivity index (χ0v) is 19.7. The Morgan fingerprint density at radius 3 is 2.82 bits per heavy atom. The van der Waals surface area contributed by atoms with Crippen molar-refractivity contribution in [1.29, 1.82) is 0 Å². The number of aromatic nitrogens is 5. The van der Waals surface area contributed by atoms with Crippen LogP contribution in [0.3, 0.4) is 0 Å². The van der Waals surface area contributed by atoms with Crippen molar-refractivity contribution in [2.24, 2.45) is 5.41 Å². The third kappa shape index (κ3) is 4.08. The number of rotatable bonds is 6. The van der Waals surface area contributed by atoms with Gasteiger partial charge in [0.15, 0.2) is 0 Å². The smallest absolute Gasteiger partial charge is 0.137 e. The van der Waals surface area contributed by atoms with Gasteiger partial charge in [0.2, 0.25) is 0 Å². The van der Waals surface area contributed by atoms with Gasteiger partial charge in [-0.25, -0.2) is 9.97 Å². The molecule has 2 aliphatic rings. The highest BCUT2D eigenvalue weighted by Gasteiger charge is 2.45. The maximum atomic E-state index is 10.1. The summed E-state index contributed by atoms with van der Waals surface area (Å²) in [4.78, 5) is 9.51. The monoisotopic (exact) mass is 457 g/mol. The molecule has 0 unspecified atom stereocenters. The van der Waals surface area contributed by atoms with Crippen molar-refractivity contribution in [1.82, 2.24) is 29.5 Å². The van der Waals surface area contributed by atoms with Crippen LogP contribution in [-0.4, -0.2) is 54.0 Å². The van der Waals surface area contributed by atoms with E-state index < -0.39 is 5.60 Å². The molecule has 8 heteroatoms. The van der Waals surface area contributed by atoms with Crippen LogP contribution in [0.15, 0.2) is 55.1 Å². The highest BCUT2D eigenvalue weighted by atomic mass is 16.3. The average Bonchev–Trinajstić information content (AvgIpc) is 3.51. The van der Waals surface area contributed by atoms with Crippen molar-refractivity contribution in [3.63, 3.8) is 0 Å². The van der Waals surface area contributed by atoms with E-state index in [-0.39, 0.29) is 0 Å². The van der Waals surface area contributed by atoms with Gasteiger partial charge in [0.1, 0.15) is 11.5 Å². The first-order valence-corrected chi connectivity index (χ1v) is 12.0. The highest BCUT2D eigenvalue weighted by Crippen LogP contribution is 2.46. The Hall–Kier alpha value is -3.23. The molecule has 2 fully saturated rings. The molecule has 6 rings (SSSR count). The number of aliphatic hydroxyl groups is 1. The number of fused-ring (bicyclic) bond motifs is 1. The fraction of sp³-hybridized carbons (Fsp3) is 0.423. The zero-order valence-electron chi connectivity index (χ0n) is 19.7. The first-order chi connectivity index (χ1) is 16.4. The van der Waals surface area contributed by atoms with Crippen LogP contribution in [0.1, 0.15) is 33.1 Å². The lowest BCUT2D eigenvalue weighted by Gasteiger charge is -2.45. The van der Waals surface area contributed by atoms with E-state index in [4.69, 9.17) is 4.98 Å². The third-order valence-electron chi connectivity index (χ3n) is 7.08. The molecule has 5 heterocycles. The van der Waals surface area contributed by atoms with Crippen molar-refractivity contribution in [2.45, 2.75) is 51.3 Å². The van der Waals surface area contributed by atoms with E-state index in [1.165, 1.54) is 19.3 Å². The third-order valence-corrected chi connectivity index (χ3v) is 7.08. The Balaban J connectivity index is 1.24. The summed E-state index contributed by atoms with van der Waals surface area (Å²) < 4.78 is 3.86. The number of imidazole rings is 1. The van der Waals surface area contributed by atoms with Crippen LogP contribution in [0.4, 0.5) is 5.82 Å². The van der Waals surface area contributed by atoms with E-state index in [9.17, 15) is 5.11 Å². The topological polar surface area (TPSA) is 92.3 Å². The van der Waals surface area contributed by atoms with Gasteiger partial charge in [-0.2, -0.15) is 5.10 Å².